The molecular formula is C12H15ClN4. The molecule has 0 aromatic carbocycles. The molecule has 90 valence electrons. The van der Waals surface area contributed by atoms with E-state index in [4.69, 9.17) is 11.6 Å². The quantitative estimate of drug-likeness (QED) is 0.839. The van der Waals surface area contributed by atoms with Gasteiger partial charge in [0.05, 0.1) is 11.6 Å². The number of hydrogen-bond acceptors (Lipinski definition) is 3. The Labute approximate surface area is 106 Å². The Morgan fingerprint density at radius 3 is 2.53 bits per heavy atom. The smallest absolute Gasteiger partial charge is 0.225 e. The fraction of sp³-hybridized carbons (Fsp3) is 0.333. The van der Waals surface area contributed by atoms with Gasteiger partial charge in [-0.1, -0.05) is 11.6 Å². The molecular weight excluding hydrogens is 236 g/mol. The van der Waals surface area contributed by atoms with E-state index in [0.29, 0.717) is 5.95 Å². The molecule has 0 fully saturated rings. The fourth-order valence-corrected chi connectivity index (χ4v) is 1.89. The number of hydrogen-bond donors (Lipinski definition) is 0. The predicted molar refractivity (Wildman–Crippen MR) is 69.3 cm³/mol. The van der Waals surface area contributed by atoms with Crippen LogP contribution in [0.3, 0.4) is 0 Å². The van der Waals surface area contributed by atoms with Crippen molar-refractivity contribution in [2.24, 2.45) is 7.05 Å². The molecule has 0 aliphatic carbocycles. The molecule has 2 aromatic heterocycles. The molecule has 2 rings (SSSR count). The van der Waals surface area contributed by atoms with Crippen LogP contribution in [0.4, 0.5) is 5.95 Å². The molecule has 5 heteroatoms. The number of anilines is 1. The van der Waals surface area contributed by atoms with Gasteiger partial charge < -0.3 is 9.47 Å². The Bertz CT molecular complexity index is 504. The Kier molecular flexibility index (Phi) is 3.33. The van der Waals surface area contributed by atoms with Gasteiger partial charge in [-0.3, -0.25) is 0 Å². The lowest BCUT2D eigenvalue weighted by Crippen LogP contribution is -2.20. The number of nitrogens with zero attached hydrogens (tertiary/aromatic N) is 4. The Morgan fingerprint density at radius 1 is 1.35 bits per heavy atom. The van der Waals surface area contributed by atoms with E-state index >= 15 is 0 Å². The van der Waals surface area contributed by atoms with Crippen molar-refractivity contribution in [1.29, 1.82) is 0 Å². The zero-order valence-electron chi connectivity index (χ0n) is 10.2. The summed E-state index contributed by atoms with van der Waals surface area (Å²) in [5.41, 5.74) is 2.19. The zero-order valence-corrected chi connectivity index (χ0v) is 10.9. The summed E-state index contributed by atoms with van der Waals surface area (Å²) in [4.78, 5) is 10.6. The van der Waals surface area contributed by atoms with Gasteiger partial charge in [0.1, 0.15) is 0 Å². The second kappa shape index (κ2) is 4.75. The highest BCUT2D eigenvalue weighted by atomic mass is 35.5. The van der Waals surface area contributed by atoms with E-state index in [9.17, 15) is 0 Å². The summed E-state index contributed by atoms with van der Waals surface area (Å²) in [5, 5.41) is 0.751. The van der Waals surface area contributed by atoms with Crippen molar-refractivity contribution < 1.29 is 0 Å². The van der Waals surface area contributed by atoms with E-state index in [0.717, 1.165) is 22.8 Å². The molecule has 4 nitrogen and oxygen atoms in total. The Hall–Kier alpha value is -1.55. The number of rotatable bonds is 3. The molecule has 0 amide bonds. The van der Waals surface area contributed by atoms with Gasteiger partial charge in [0.15, 0.2) is 0 Å². The summed E-state index contributed by atoms with van der Waals surface area (Å²) in [6, 6.07) is 1.95. The van der Waals surface area contributed by atoms with Crippen LogP contribution in [0.2, 0.25) is 5.02 Å². The van der Waals surface area contributed by atoms with Crippen LogP contribution in [0.1, 0.15) is 11.3 Å². The van der Waals surface area contributed by atoms with Gasteiger partial charge in [-0.15, -0.1) is 0 Å². The van der Waals surface area contributed by atoms with Crippen LogP contribution < -0.4 is 4.90 Å². The predicted octanol–water partition coefficient (Wildman–Crippen LogP) is 2.41. The third-order valence-electron chi connectivity index (χ3n) is 2.58. The molecule has 0 bridgehead atoms. The number of aryl methyl sites for hydroxylation is 2. The molecule has 0 N–H and O–H groups in total. The van der Waals surface area contributed by atoms with Crippen LogP contribution in [0, 0.1) is 6.92 Å². The largest absolute Gasteiger partial charge is 0.351 e. The zero-order chi connectivity index (χ0) is 12.4. The maximum atomic E-state index is 5.95. The monoisotopic (exact) mass is 250 g/mol. The first-order chi connectivity index (χ1) is 8.06. The van der Waals surface area contributed by atoms with Gasteiger partial charge >= 0.3 is 0 Å². The van der Waals surface area contributed by atoms with E-state index in [1.807, 2.05) is 55.1 Å². The minimum atomic E-state index is 0.716. The second-order valence-electron chi connectivity index (χ2n) is 4.18. The van der Waals surface area contributed by atoms with E-state index in [2.05, 4.69) is 9.97 Å². The highest BCUT2D eigenvalue weighted by Gasteiger charge is 2.08. The van der Waals surface area contributed by atoms with Crippen LogP contribution in [0.5, 0.6) is 0 Å². The third kappa shape index (κ3) is 2.77. The summed E-state index contributed by atoms with van der Waals surface area (Å²) in [6.07, 6.45) is 5.52. The lowest BCUT2D eigenvalue weighted by atomic mass is 10.4. The summed E-state index contributed by atoms with van der Waals surface area (Å²) >= 11 is 5.95. The fourth-order valence-electron chi connectivity index (χ4n) is 1.62. The maximum absolute atomic E-state index is 5.95. The van der Waals surface area contributed by atoms with Gasteiger partial charge in [0.2, 0.25) is 5.95 Å². The van der Waals surface area contributed by atoms with Crippen molar-refractivity contribution in [2.75, 3.05) is 11.9 Å². The molecule has 0 radical (unpaired) electrons. The SMILES string of the molecule is Cc1cnc(N(C)Cc2cc(Cl)cn2C)nc1. The van der Waals surface area contributed by atoms with E-state index in [1.54, 1.807) is 0 Å². The van der Waals surface area contributed by atoms with Crippen LogP contribution in [-0.4, -0.2) is 21.6 Å². The van der Waals surface area contributed by atoms with Crippen LogP contribution in [-0.2, 0) is 13.6 Å². The molecule has 0 unspecified atom stereocenters. The minimum Gasteiger partial charge on any atom is -0.351 e. The van der Waals surface area contributed by atoms with Crippen molar-refractivity contribution in [2.45, 2.75) is 13.5 Å². The van der Waals surface area contributed by atoms with Crippen LogP contribution >= 0.6 is 11.6 Å². The van der Waals surface area contributed by atoms with Gasteiger partial charge in [-0.2, -0.15) is 0 Å². The van der Waals surface area contributed by atoms with Crippen molar-refractivity contribution in [3.63, 3.8) is 0 Å². The third-order valence-corrected chi connectivity index (χ3v) is 2.79. The van der Waals surface area contributed by atoms with Gasteiger partial charge in [-0.05, 0) is 18.6 Å². The van der Waals surface area contributed by atoms with Crippen molar-refractivity contribution in [1.82, 2.24) is 14.5 Å². The van der Waals surface area contributed by atoms with Crippen LogP contribution in [0.15, 0.2) is 24.7 Å². The number of aromatic nitrogens is 3. The van der Waals surface area contributed by atoms with Gasteiger partial charge in [-0.25, -0.2) is 9.97 Å². The molecule has 0 aliphatic heterocycles. The lowest BCUT2D eigenvalue weighted by molar-refractivity contribution is 0.772. The first-order valence-corrected chi connectivity index (χ1v) is 5.74. The first kappa shape index (κ1) is 11.9. The van der Waals surface area contributed by atoms with E-state index < -0.39 is 0 Å². The summed E-state index contributed by atoms with van der Waals surface area (Å²) in [7, 11) is 3.94. The molecule has 0 saturated heterocycles. The first-order valence-electron chi connectivity index (χ1n) is 5.37. The maximum Gasteiger partial charge on any atom is 0.225 e. The molecule has 2 heterocycles. The average Bonchev–Trinajstić information content (AvgIpc) is 2.58. The molecule has 0 saturated carbocycles. The standard InChI is InChI=1S/C12H15ClN4/c1-9-5-14-12(15-6-9)17(3)8-11-4-10(13)7-16(11)2/h4-7H,8H2,1-3H3. The average molecular weight is 251 g/mol. The van der Waals surface area contributed by atoms with Gasteiger partial charge in [0, 0.05) is 38.4 Å². The van der Waals surface area contributed by atoms with Gasteiger partial charge in [0.25, 0.3) is 0 Å². The minimum absolute atomic E-state index is 0.716. The molecule has 0 aliphatic rings. The molecule has 2 aromatic rings. The lowest BCUT2D eigenvalue weighted by Gasteiger charge is -2.17. The topological polar surface area (TPSA) is 34.0 Å². The molecule has 0 atom stereocenters. The summed E-state index contributed by atoms with van der Waals surface area (Å²) in [5.74, 6) is 0.716. The number of halogens is 1. The van der Waals surface area contributed by atoms with E-state index in [-0.39, 0.29) is 0 Å². The Morgan fingerprint density at radius 2 is 2.00 bits per heavy atom. The summed E-state index contributed by atoms with van der Waals surface area (Å²) < 4.78 is 2.01. The Balaban J connectivity index is 2.13. The van der Waals surface area contributed by atoms with Crippen molar-refractivity contribution in [3.05, 3.63) is 40.9 Å². The van der Waals surface area contributed by atoms with E-state index in [1.165, 1.54) is 0 Å². The normalized spacial score (nSPS) is 10.6. The highest BCUT2D eigenvalue weighted by Crippen LogP contribution is 2.15. The molecule has 0 spiro atoms. The second-order valence-corrected chi connectivity index (χ2v) is 4.61. The van der Waals surface area contributed by atoms with Crippen molar-refractivity contribution >= 4 is 17.5 Å². The summed E-state index contributed by atoms with van der Waals surface area (Å²) in [6.45, 7) is 2.70. The van der Waals surface area contributed by atoms with Crippen molar-refractivity contribution in [3.8, 4) is 0 Å². The highest BCUT2D eigenvalue weighted by molar-refractivity contribution is 6.30. The molecule has 17 heavy (non-hydrogen) atoms. The van der Waals surface area contributed by atoms with Crippen LogP contribution in [0.25, 0.3) is 0 Å².